The molecule has 0 N–H and O–H groups in total. The van der Waals surface area contributed by atoms with Gasteiger partial charge in [0.15, 0.2) is 0 Å². The standard InChI is InChI=1S/C8H3BrCl2N2/c9-5-1-2-6-4(7(5)10)3-12-8(11)13-6/h1-3H. The van der Waals surface area contributed by atoms with Gasteiger partial charge >= 0.3 is 0 Å². The van der Waals surface area contributed by atoms with Gasteiger partial charge in [-0.2, -0.15) is 0 Å². The SMILES string of the molecule is Clc1ncc2c(Cl)c(Br)ccc2n1. The summed E-state index contributed by atoms with van der Waals surface area (Å²) in [6, 6.07) is 3.66. The second kappa shape index (κ2) is 3.40. The second-order valence-corrected chi connectivity index (χ2v) is 4.00. The molecule has 2 aromatic rings. The zero-order valence-electron chi connectivity index (χ0n) is 6.26. The van der Waals surface area contributed by atoms with Gasteiger partial charge in [-0.1, -0.05) is 11.6 Å². The van der Waals surface area contributed by atoms with E-state index in [1.165, 1.54) is 0 Å². The van der Waals surface area contributed by atoms with Crippen molar-refractivity contribution in [1.29, 1.82) is 0 Å². The van der Waals surface area contributed by atoms with Gasteiger partial charge in [0, 0.05) is 16.1 Å². The highest BCUT2D eigenvalue weighted by Gasteiger charge is 2.04. The molecule has 0 unspecified atom stereocenters. The number of hydrogen-bond donors (Lipinski definition) is 0. The van der Waals surface area contributed by atoms with Crippen molar-refractivity contribution < 1.29 is 0 Å². The molecule has 0 aliphatic carbocycles. The van der Waals surface area contributed by atoms with E-state index in [4.69, 9.17) is 23.2 Å². The number of nitrogens with zero attached hydrogens (tertiary/aromatic N) is 2. The first-order valence-electron chi connectivity index (χ1n) is 3.45. The average Bonchev–Trinajstić information content (AvgIpc) is 2.12. The van der Waals surface area contributed by atoms with Gasteiger partial charge in [-0.3, -0.25) is 0 Å². The quantitative estimate of drug-likeness (QED) is 0.686. The van der Waals surface area contributed by atoms with E-state index < -0.39 is 0 Å². The largest absolute Gasteiger partial charge is 0.226 e. The maximum Gasteiger partial charge on any atom is 0.222 e. The lowest BCUT2D eigenvalue weighted by Gasteiger charge is -2.00. The van der Waals surface area contributed by atoms with E-state index in [9.17, 15) is 0 Å². The van der Waals surface area contributed by atoms with Crippen molar-refractivity contribution >= 4 is 50.0 Å². The summed E-state index contributed by atoms with van der Waals surface area (Å²) in [7, 11) is 0. The molecule has 0 atom stereocenters. The van der Waals surface area contributed by atoms with Crippen LogP contribution in [-0.4, -0.2) is 9.97 Å². The topological polar surface area (TPSA) is 25.8 Å². The Morgan fingerprint density at radius 2 is 2.00 bits per heavy atom. The van der Waals surface area contributed by atoms with E-state index in [-0.39, 0.29) is 5.28 Å². The Hall–Kier alpha value is -0.380. The number of rotatable bonds is 0. The molecule has 0 amide bonds. The minimum Gasteiger partial charge on any atom is -0.226 e. The number of benzene rings is 1. The van der Waals surface area contributed by atoms with Gasteiger partial charge in [-0.25, -0.2) is 9.97 Å². The Bertz CT molecular complexity index is 473. The third kappa shape index (κ3) is 1.64. The van der Waals surface area contributed by atoms with Crippen LogP contribution >= 0.6 is 39.1 Å². The molecule has 1 heterocycles. The normalized spacial score (nSPS) is 10.7. The van der Waals surface area contributed by atoms with Crippen molar-refractivity contribution in [3.05, 3.63) is 33.1 Å². The first-order valence-corrected chi connectivity index (χ1v) is 4.99. The predicted octanol–water partition coefficient (Wildman–Crippen LogP) is 3.70. The van der Waals surface area contributed by atoms with Crippen LogP contribution in [0, 0.1) is 0 Å². The summed E-state index contributed by atoms with van der Waals surface area (Å²) in [5.74, 6) is 0. The molecule has 66 valence electrons. The molecule has 13 heavy (non-hydrogen) atoms. The summed E-state index contributed by atoms with van der Waals surface area (Å²) in [4.78, 5) is 7.88. The summed E-state index contributed by atoms with van der Waals surface area (Å²) < 4.78 is 0.826. The predicted molar refractivity (Wildman–Crippen MR) is 57.3 cm³/mol. The van der Waals surface area contributed by atoms with Crippen molar-refractivity contribution in [3.63, 3.8) is 0 Å². The van der Waals surface area contributed by atoms with E-state index >= 15 is 0 Å². The number of halogens is 3. The van der Waals surface area contributed by atoms with Crippen LogP contribution in [0.3, 0.4) is 0 Å². The van der Waals surface area contributed by atoms with E-state index in [1.807, 2.05) is 12.1 Å². The van der Waals surface area contributed by atoms with E-state index in [0.29, 0.717) is 5.02 Å². The van der Waals surface area contributed by atoms with E-state index in [0.717, 1.165) is 15.4 Å². The van der Waals surface area contributed by atoms with Crippen LogP contribution in [0.25, 0.3) is 10.9 Å². The minimum absolute atomic E-state index is 0.228. The molecule has 0 spiro atoms. The summed E-state index contributed by atoms with van der Waals surface area (Å²) in [6.45, 7) is 0. The Morgan fingerprint density at radius 3 is 2.77 bits per heavy atom. The van der Waals surface area contributed by atoms with Gasteiger partial charge in [-0.05, 0) is 39.7 Å². The molecule has 5 heteroatoms. The molecular formula is C8H3BrCl2N2. The Balaban J connectivity index is 2.87. The van der Waals surface area contributed by atoms with Gasteiger partial charge in [0.05, 0.1) is 10.5 Å². The molecule has 0 saturated carbocycles. The lowest BCUT2D eigenvalue weighted by molar-refractivity contribution is 1.22. The lowest BCUT2D eigenvalue weighted by atomic mass is 10.2. The van der Waals surface area contributed by atoms with Gasteiger partial charge in [0.2, 0.25) is 5.28 Å². The van der Waals surface area contributed by atoms with Gasteiger partial charge in [-0.15, -0.1) is 0 Å². The monoisotopic (exact) mass is 276 g/mol. The van der Waals surface area contributed by atoms with Crippen molar-refractivity contribution in [1.82, 2.24) is 9.97 Å². The van der Waals surface area contributed by atoms with Crippen LogP contribution in [0.1, 0.15) is 0 Å². The second-order valence-electron chi connectivity index (χ2n) is 2.43. The zero-order chi connectivity index (χ0) is 9.42. The number of aromatic nitrogens is 2. The first kappa shape index (κ1) is 9.19. The van der Waals surface area contributed by atoms with Crippen LogP contribution in [0.5, 0.6) is 0 Å². The molecular weight excluding hydrogens is 275 g/mol. The molecule has 0 saturated heterocycles. The highest BCUT2D eigenvalue weighted by atomic mass is 79.9. The minimum atomic E-state index is 0.228. The Morgan fingerprint density at radius 1 is 1.23 bits per heavy atom. The van der Waals surface area contributed by atoms with Crippen molar-refractivity contribution in [2.75, 3.05) is 0 Å². The molecule has 2 nitrogen and oxygen atoms in total. The van der Waals surface area contributed by atoms with Crippen LogP contribution in [0.15, 0.2) is 22.8 Å². The Labute approximate surface area is 93.0 Å². The van der Waals surface area contributed by atoms with Gasteiger partial charge in [0.1, 0.15) is 0 Å². The summed E-state index contributed by atoms with van der Waals surface area (Å²) in [5, 5.41) is 1.63. The zero-order valence-corrected chi connectivity index (χ0v) is 9.36. The molecule has 1 aromatic carbocycles. The van der Waals surface area contributed by atoms with Crippen LogP contribution in [-0.2, 0) is 0 Å². The highest BCUT2D eigenvalue weighted by Crippen LogP contribution is 2.29. The molecule has 0 aliphatic rings. The van der Waals surface area contributed by atoms with Crippen LogP contribution in [0.4, 0.5) is 0 Å². The van der Waals surface area contributed by atoms with E-state index in [2.05, 4.69) is 25.9 Å². The number of fused-ring (bicyclic) bond motifs is 1. The van der Waals surface area contributed by atoms with Crippen LogP contribution in [0.2, 0.25) is 10.3 Å². The Kier molecular flexibility index (Phi) is 2.41. The maximum absolute atomic E-state index is 6.01. The van der Waals surface area contributed by atoms with Crippen molar-refractivity contribution in [2.24, 2.45) is 0 Å². The number of hydrogen-bond acceptors (Lipinski definition) is 2. The molecule has 0 bridgehead atoms. The fraction of sp³-hybridized carbons (Fsp3) is 0. The third-order valence-corrected chi connectivity index (χ3v) is 3.10. The highest BCUT2D eigenvalue weighted by molar-refractivity contribution is 9.10. The maximum atomic E-state index is 6.01. The summed E-state index contributed by atoms with van der Waals surface area (Å²) >= 11 is 15.0. The smallest absolute Gasteiger partial charge is 0.222 e. The van der Waals surface area contributed by atoms with Crippen LogP contribution < -0.4 is 0 Å². The molecule has 1 aromatic heterocycles. The van der Waals surface area contributed by atoms with Gasteiger partial charge < -0.3 is 0 Å². The molecule has 0 aliphatic heterocycles. The fourth-order valence-electron chi connectivity index (χ4n) is 1.02. The van der Waals surface area contributed by atoms with E-state index in [1.54, 1.807) is 6.20 Å². The molecule has 0 fully saturated rings. The summed E-state index contributed by atoms with van der Waals surface area (Å²) in [5.41, 5.74) is 0.744. The third-order valence-electron chi connectivity index (χ3n) is 1.62. The van der Waals surface area contributed by atoms with Crippen molar-refractivity contribution in [3.8, 4) is 0 Å². The average molecular weight is 278 g/mol. The first-order chi connectivity index (χ1) is 6.18. The summed E-state index contributed by atoms with van der Waals surface area (Å²) in [6.07, 6.45) is 1.61. The molecule has 0 radical (unpaired) electrons. The molecule has 2 rings (SSSR count). The fourth-order valence-corrected chi connectivity index (χ4v) is 1.72. The van der Waals surface area contributed by atoms with Crippen molar-refractivity contribution in [2.45, 2.75) is 0 Å². The van der Waals surface area contributed by atoms with Gasteiger partial charge in [0.25, 0.3) is 0 Å². The lowest BCUT2D eigenvalue weighted by Crippen LogP contribution is -1.84.